The minimum Gasteiger partial charge on any atom is -0.290 e. The van der Waals surface area contributed by atoms with E-state index in [2.05, 4.69) is 4.99 Å². The number of nitrogens with one attached hydrogen (secondary N) is 1. The van der Waals surface area contributed by atoms with Crippen molar-refractivity contribution in [1.29, 1.82) is 0 Å². The molecule has 0 radical (unpaired) electrons. The first-order chi connectivity index (χ1) is 3.72. The quantitative estimate of drug-likeness (QED) is 0.349. The molecule has 0 aromatic rings. The normalized spacial score (nSPS) is 19.4. The average molecular weight is 114 g/mol. The van der Waals surface area contributed by atoms with Gasteiger partial charge in [-0.15, -0.1) is 0 Å². The smallest absolute Gasteiger partial charge is 0.290 e. The Morgan fingerprint density at radius 2 is 2.50 bits per heavy atom. The van der Waals surface area contributed by atoms with Crippen LogP contribution in [0.25, 0.3) is 0 Å². The maximum atomic E-state index is 10.5. The molecule has 0 atom stereocenters. The molecule has 0 aromatic carbocycles. The molecule has 0 saturated carbocycles. The summed E-state index contributed by atoms with van der Waals surface area (Å²) >= 11 is 0. The molecule has 4 heteroatoms. The topological polar surface area (TPSA) is 60.3 Å². The molecule has 0 spiro atoms. The molecular formula is C4H8N3O+. The molecular weight excluding hydrogens is 106 g/mol. The number of nitrogens with zero attached hydrogens (tertiary/aromatic N) is 1. The van der Waals surface area contributed by atoms with Crippen molar-refractivity contribution in [1.82, 2.24) is 4.90 Å². The van der Waals surface area contributed by atoms with Crippen molar-refractivity contribution < 1.29 is 9.79 Å². The summed E-state index contributed by atoms with van der Waals surface area (Å²) in [7, 11) is 1.64. The van der Waals surface area contributed by atoms with E-state index in [-0.39, 0.29) is 5.91 Å². The Morgan fingerprint density at radius 3 is 2.62 bits per heavy atom. The van der Waals surface area contributed by atoms with Crippen molar-refractivity contribution in [3.8, 4) is 0 Å². The molecule has 0 saturated heterocycles. The highest BCUT2D eigenvalue weighted by Crippen LogP contribution is 1.78. The van der Waals surface area contributed by atoms with Crippen molar-refractivity contribution in [2.45, 2.75) is 0 Å². The first-order valence-electron chi connectivity index (χ1n) is 2.34. The van der Waals surface area contributed by atoms with Gasteiger partial charge in [0.1, 0.15) is 0 Å². The Hall–Kier alpha value is -1.06. The van der Waals surface area contributed by atoms with Crippen LogP contribution >= 0.6 is 0 Å². The molecule has 1 aliphatic heterocycles. The largest absolute Gasteiger partial charge is 0.351 e. The third-order valence-corrected chi connectivity index (χ3v) is 1.16. The van der Waals surface area contributed by atoms with E-state index in [4.69, 9.17) is 5.73 Å². The van der Waals surface area contributed by atoms with E-state index in [1.807, 2.05) is 0 Å². The summed E-state index contributed by atoms with van der Waals surface area (Å²) in [4.78, 5) is 14.6. The minimum absolute atomic E-state index is 0.0162. The molecule has 1 heterocycles. The highest BCUT2D eigenvalue weighted by atomic mass is 16.2. The van der Waals surface area contributed by atoms with Gasteiger partial charge in [0.2, 0.25) is 0 Å². The predicted octanol–water partition coefficient (Wildman–Crippen LogP) is -3.15. The number of carbonyl (C=O) groups is 1. The van der Waals surface area contributed by atoms with Crippen LogP contribution in [0.5, 0.6) is 0 Å². The van der Waals surface area contributed by atoms with Gasteiger partial charge in [-0.2, -0.15) is 0 Å². The van der Waals surface area contributed by atoms with Gasteiger partial charge in [-0.1, -0.05) is 0 Å². The second-order valence-electron chi connectivity index (χ2n) is 1.69. The Bertz CT molecular complexity index is 151. The van der Waals surface area contributed by atoms with Crippen LogP contribution < -0.4 is 10.7 Å². The fourth-order valence-electron chi connectivity index (χ4n) is 0.538. The highest BCUT2D eigenvalue weighted by Gasteiger charge is 2.24. The third-order valence-electron chi connectivity index (χ3n) is 1.16. The molecule has 1 rings (SSSR count). The van der Waals surface area contributed by atoms with Crippen molar-refractivity contribution in [3.05, 3.63) is 0 Å². The van der Waals surface area contributed by atoms with Gasteiger partial charge in [0.15, 0.2) is 6.54 Å². The summed E-state index contributed by atoms with van der Waals surface area (Å²) in [5, 5.41) is 0. The lowest BCUT2D eigenvalue weighted by Gasteiger charge is -1.96. The number of amides is 1. The Morgan fingerprint density at radius 1 is 1.88 bits per heavy atom. The molecule has 0 unspecified atom stereocenters. The summed E-state index contributed by atoms with van der Waals surface area (Å²) in [6.07, 6.45) is 0. The van der Waals surface area contributed by atoms with Gasteiger partial charge < -0.3 is 0 Å². The molecule has 44 valence electrons. The lowest BCUT2D eigenvalue weighted by atomic mass is 10.6. The van der Waals surface area contributed by atoms with Crippen LogP contribution in [-0.2, 0) is 4.79 Å². The van der Waals surface area contributed by atoms with Gasteiger partial charge in [0.25, 0.3) is 0 Å². The van der Waals surface area contributed by atoms with Crippen LogP contribution in [0.4, 0.5) is 0 Å². The number of guanidine groups is 1. The van der Waals surface area contributed by atoms with Crippen LogP contribution in [0.1, 0.15) is 0 Å². The SMILES string of the molecule is CN1C(=O)C[NH+]=C1N. The first kappa shape index (κ1) is 5.08. The van der Waals surface area contributed by atoms with E-state index >= 15 is 0 Å². The van der Waals surface area contributed by atoms with Crippen LogP contribution in [0.3, 0.4) is 0 Å². The van der Waals surface area contributed by atoms with Crippen LogP contribution in [0, 0.1) is 0 Å². The number of nitrogens with two attached hydrogens (primary N) is 1. The van der Waals surface area contributed by atoms with E-state index in [1.54, 1.807) is 7.05 Å². The average Bonchev–Trinajstić information content (AvgIpc) is 1.98. The zero-order chi connectivity index (χ0) is 6.15. The summed E-state index contributed by atoms with van der Waals surface area (Å²) in [5.41, 5.74) is 5.28. The van der Waals surface area contributed by atoms with Crippen molar-refractivity contribution >= 4 is 11.9 Å². The molecule has 8 heavy (non-hydrogen) atoms. The maximum absolute atomic E-state index is 10.5. The Kier molecular flexibility index (Phi) is 0.932. The molecule has 4 nitrogen and oxygen atoms in total. The fraction of sp³-hybridized carbons (Fsp3) is 0.500. The summed E-state index contributed by atoms with van der Waals surface area (Å²) in [5.74, 6) is 0.456. The Labute approximate surface area is 47.0 Å². The second kappa shape index (κ2) is 1.47. The number of carbonyl (C=O) groups excluding carboxylic acids is 1. The van der Waals surface area contributed by atoms with Gasteiger partial charge in [0.05, 0.1) is 7.05 Å². The summed E-state index contributed by atoms with van der Waals surface area (Å²) in [6.45, 7) is 0.336. The minimum atomic E-state index is 0.0162. The number of hydrogen-bond acceptors (Lipinski definition) is 2. The lowest BCUT2D eigenvalue weighted by Crippen LogP contribution is -2.73. The third kappa shape index (κ3) is 0.538. The second-order valence-corrected chi connectivity index (χ2v) is 1.69. The van der Waals surface area contributed by atoms with Gasteiger partial charge in [-0.05, 0) is 0 Å². The van der Waals surface area contributed by atoms with Crippen LogP contribution in [0.2, 0.25) is 0 Å². The maximum Gasteiger partial charge on any atom is 0.351 e. The predicted molar refractivity (Wildman–Crippen MR) is 27.8 cm³/mol. The van der Waals surface area contributed by atoms with Crippen molar-refractivity contribution in [3.63, 3.8) is 0 Å². The van der Waals surface area contributed by atoms with E-state index in [0.29, 0.717) is 12.5 Å². The number of likely N-dealkylation sites (N-methyl/N-ethyl adjacent to an activating group) is 1. The molecule has 0 aromatic heterocycles. The van der Waals surface area contributed by atoms with Gasteiger partial charge >= 0.3 is 11.9 Å². The standard InChI is InChI=1S/C4H7N3O/c1-7-3(8)2-6-4(7)5/h2H2,1H3,(H2,5,6)/p+1. The summed E-state index contributed by atoms with van der Waals surface area (Å²) < 4.78 is 0. The number of hydrogen-bond donors (Lipinski definition) is 2. The van der Waals surface area contributed by atoms with Crippen LogP contribution in [-0.4, -0.2) is 30.4 Å². The van der Waals surface area contributed by atoms with Gasteiger partial charge in [-0.25, -0.2) is 4.90 Å². The first-order valence-corrected chi connectivity index (χ1v) is 2.34. The molecule has 0 fully saturated rings. The van der Waals surface area contributed by atoms with Crippen molar-refractivity contribution in [2.75, 3.05) is 13.6 Å². The zero-order valence-electron chi connectivity index (χ0n) is 4.64. The van der Waals surface area contributed by atoms with E-state index < -0.39 is 0 Å². The lowest BCUT2D eigenvalue weighted by molar-refractivity contribution is -0.439. The van der Waals surface area contributed by atoms with E-state index in [0.717, 1.165) is 0 Å². The number of rotatable bonds is 0. The highest BCUT2D eigenvalue weighted by molar-refractivity contribution is 5.96. The molecule has 3 N–H and O–H groups in total. The van der Waals surface area contributed by atoms with E-state index in [9.17, 15) is 4.79 Å². The zero-order valence-corrected chi connectivity index (χ0v) is 4.64. The molecule has 1 amide bonds. The monoisotopic (exact) mass is 114 g/mol. The Balaban J connectivity index is 2.72. The molecule has 0 bridgehead atoms. The molecule has 0 aliphatic carbocycles. The van der Waals surface area contributed by atoms with Crippen LogP contribution in [0.15, 0.2) is 0 Å². The van der Waals surface area contributed by atoms with E-state index in [1.165, 1.54) is 4.90 Å². The molecule has 1 aliphatic rings. The summed E-state index contributed by atoms with van der Waals surface area (Å²) in [6, 6.07) is 0. The van der Waals surface area contributed by atoms with Gasteiger partial charge in [0, 0.05) is 0 Å². The van der Waals surface area contributed by atoms with Gasteiger partial charge in [-0.3, -0.25) is 15.5 Å². The fourth-order valence-corrected chi connectivity index (χ4v) is 0.538. The van der Waals surface area contributed by atoms with Crippen molar-refractivity contribution in [2.24, 2.45) is 5.73 Å².